The molecule has 1 atom stereocenters. The zero-order valence-electron chi connectivity index (χ0n) is 13.7. The average Bonchev–Trinajstić information content (AvgIpc) is 2.53. The summed E-state index contributed by atoms with van der Waals surface area (Å²) in [7, 11) is 0. The van der Waals surface area contributed by atoms with Crippen LogP contribution in [-0.2, 0) is 17.8 Å². The maximum Gasteiger partial charge on any atom is 0.227 e. The van der Waals surface area contributed by atoms with Crippen LogP contribution in [-0.4, -0.2) is 5.91 Å². The molecule has 2 aromatic carbocycles. The van der Waals surface area contributed by atoms with Crippen LogP contribution in [0.25, 0.3) is 0 Å². The number of amides is 1. The quantitative estimate of drug-likeness (QED) is 0.845. The van der Waals surface area contributed by atoms with E-state index in [1.165, 1.54) is 5.56 Å². The summed E-state index contributed by atoms with van der Waals surface area (Å²) in [5.74, 6) is 0.592. The lowest BCUT2D eigenvalue weighted by Gasteiger charge is -2.14. The van der Waals surface area contributed by atoms with Crippen molar-refractivity contribution in [2.45, 2.75) is 39.7 Å². The predicted molar refractivity (Wildman–Crippen MR) is 91.7 cm³/mol. The first-order chi connectivity index (χ1) is 10.6. The molecule has 0 aliphatic carbocycles. The van der Waals surface area contributed by atoms with Gasteiger partial charge in [0.15, 0.2) is 0 Å². The van der Waals surface area contributed by atoms with Crippen molar-refractivity contribution in [1.82, 2.24) is 5.32 Å². The molecular formula is C20H25NO. The van der Waals surface area contributed by atoms with Crippen LogP contribution in [0.1, 0.15) is 43.4 Å². The lowest BCUT2D eigenvalue weighted by atomic mass is 9.96. The van der Waals surface area contributed by atoms with Crippen molar-refractivity contribution >= 4 is 5.91 Å². The van der Waals surface area contributed by atoms with Crippen molar-refractivity contribution in [1.29, 1.82) is 0 Å². The molecule has 2 aromatic rings. The van der Waals surface area contributed by atoms with Crippen molar-refractivity contribution in [2.75, 3.05) is 0 Å². The van der Waals surface area contributed by atoms with Gasteiger partial charge in [-0.05, 0) is 36.0 Å². The molecule has 0 radical (unpaired) electrons. The number of hydrogen-bond donors (Lipinski definition) is 1. The Bertz CT molecular complexity index is 587. The third-order valence-corrected chi connectivity index (χ3v) is 3.83. The lowest BCUT2D eigenvalue weighted by molar-refractivity contribution is -0.122. The minimum atomic E-state index is -0.128. The normalized spacial score (nSPS) is 12.2. The molecule has 0 heterocycles. The van der Waals surface area contributed by atoms with Gasteiger partial charge >= 0.3 is 0 Å². The first-order valence-electron chi connectivity index (χ1n) is 7.96. The first kappa shape index (κ1) is 16.3. The number of rotatable bonds is 6. The van der Waals surface area contributed by atoms with E-state index in [0.29, 0.717) is 12.5 Å². The molecule has 0 bridgehead atoms. The van der Waals surface area contributed by atoms with Gasteiger partial charge in [0.1, 0.15) is 0 Å². The van der Waals surface area contributed by atoms with E-state index >= 15 is 0 Å². The van der Waals surface area contributed by atoms with Crippen LogP contribution in [0.5, 0.6) is 0 Å². The van der Waals surface area contributed by atoms with Crippen LogP contribution in [0.4, 0.5) is 0 Å². The molecule has 1 N–H and O–H groups in total. The van der Waals surface area contributed by atoms with Crippen LogP contribution in [0.15, 0.2) is 54.6 Å². The molecule has 0 aliphatic heterocycles. The van der Waals surface area contributed by atoms with E-state index in [9.17, 15) is 4.79 Å². The molecule has 2 nitrogen and oxygen atoms in total. The highest BCUT2D eigenvalue weighted by molar-refractivity contribution is 5.83. The Labute approximate surface area is 133 Å². The van der Waals surface area contributed by atoms with Gasteiger partial charge in [0.05, 0.1) is 5.92 Å². The van der Waals surface area contributed by atoms with Gasteiger partial charge in [-0.1, -0.05) is 68.4 Å². The summed E-state index contributed by atoms with van der Waals surface area (Å²) < 4.78 is 0. The molecule has 2 rings (SSSR count). The fourth-order valence-corrected chi connectivity index (χ4v) is 2.50. The first-order valence-corrected chi connectivity index (χ1v) is 7.96. The molecule has 0 saturated carbocycles. The van der Waals surface area contributed by atoms with Crippen molar-refractivity contribution < 1.29 is 4.79 Å². The number of nitrogens with one attached hydrogen (secondary N) is 1. The molecular weight excluding hydrogens is 270 g/mol. The summed E-state index contributed by atoms with van der Waals surface area (Å²) in [5, 5.41) is 3.01. The van der Waals surface area contributed by atoms with Crippen molar-refractivity contribution in [2.24, 2.45) is 5.92 Å². The minimum Gasteiger partial charge on any atom is -0.352 e. The van der Waals surface area contributed by atoms with Gasteiger partial charge in [0.25, 0.3) is 0 Å². The molecule has 0 saturated heterocycles. The van der Waals surface area contributed by atoms with E-state index in [1.807, 2.05) is 37.3 Å². The summed E-state index contributed by atoms with van der Waals surface area (Å²) in [6.45, 7) is 6.97. The van der Waals surface area contributed by atoms with Crippen LogP contribution in [0, 0.1) is 5.92 Å². The number of benzene rings is 2. The van der Waals surface area contributed by atoms with Crippen molar-refractivity contribution in [3.05, 3.63) is 71.3 Å². The number of carbonyl (C=O) groups excluding carboxylic acids is 1. The zero-order chi connectivity index (χ0) is 15.9. The molecule has 0 aliphatic rings. The lowest BCUT2D eigenvalue weighted by Crippen LogP contribution is -2.27. The van der Waals surface area contributed by atoms with Crippen molar-refractivity contribution in [3.8, 4) is 0 Å². The molecule has 1 unspecified atom stereocenters. The largest absolute Gasteiger partial charge is 0.352 e. The third-order valence-electron chi connectivity index (χ3n) is 3.83. The SMILES string of the molecule is CC(C)Cc1ccc(C(C)C(=O)NCc2ccccc2)cc1. The maximum absolute atomic E-state index is 12.3. The molecule has 0 spiro atoms. The molecule has 116 valence electrons. The Kier molecular flexibility index (Phi) is 5.76. The topological polar surface area (TPSA) is 29.1 Å². The maximum atomic E-state index is 12.3. The van der Waals surface area contributed by atoms with E-state index < -0.39 is 0 Å². The smallest absolute Gasteiger partial charge is 0.227 e. The molecule has 0 fully saturated rings. The van der Waals surface area contributed by atoms with Gasteiger partial charge in [-0.15, -0.1) is 0 Å². The predicted octanol–water partition coefficient (Wildman–Crippen LogP) is 4.31. The second-order valence-corrected chi connectivity index (χ2v) is 6.26. The van der Waals surface area contributed by atoms with Crippen LogP contribution >= 0.6 is 0 Å². The van der Waals surface area contributed by atoms with Gasteiger partial charge in [-0.2, -0.15) is 0 Å². The minimum absolute atomic E-state index is 0.0699. The monoisotopic (exact) mass is 295 g/mol. The Hall–Kier alpha value is -2.09. The van der Waals surface area contributed by atoms with Gasteiger partial charge < -0.3 is 5.32 Å². The summed E-state index contributed by atoms with van der Waals surface area (Å²) >= 11 is 0. The van der Waals surface area contributed by atoms with E-state index in [0.717, 1.165) is 17.5 Å². The highest BCUT2D eigenvalue weighted by Crippen LogP contribution is 2.18. The Morgan fingerprint density at radius 1 is 0.909 bits per heavy atom. The highest BCUT2D eigenvalue weighted by Gasteiger charge is 2.14. The molecule has 0 aromatic heterocycles. The zero-order valence-corrected chi connectivity index (χ0v) is 13.7. The summed E-state index contributed by atoms with van der Waals surface area (Å²) in [4.78, 5) is 12.3. The highest BCUT2D eigenvalue weighted by atomic mass is 16.1. The standard InChI is InChI=1S/C20H25NO/c1-15(2)13-17-9-11-19(12-10-17)16(3)20(22)21-14-18-7-5-4-6-8-18/h4-12,15-16H,13-14H2,1-3H3,(H,21,22). The molecule has 22 heavy (non-hydrogen) atoms. The van der Waals surface area contributed by atoms with E-state index in [-0.39, 0.29) is 11.8 Å². The molecule has 2 heteroatoms. The van der Waals surface area contributed by atoms with Crippen molar-refractivity contribution in [3.63, 3.8) is 0 Å². The summed E-state index contributed by atoms with van der Waals surface area (Å²) in [6, 6.07) is 18.4. The second kappa shape index (κ2) is 7.79. The Morgan fingerprint density at radius 2 is 1.55 bits per heavy atom. The molecule has 1 amide bonds. The van der Waals surface area contributed by atoms with E-state index in [4.69, 9.17) is 0 Å². The fourth-order valence-electron chi connectivity index (χ4n) is 2.50. The van der Waals surface area contributed by atoms with E-state index in [2.05, 4.69) is 43.4 Å². The summed E-state index contributed by atoms with van der Waals surface area (Å²) in [5.41, 5.74) is 3.52. The summed E-state index contributed by atoms with van der Waals surface area (Å²) in [6.07, 6.45) is 1.08. The number of hydrogen-bond acceptors (Lipinski definition) is 1. The number of carbonyl (C=O) groups is 1. The average molecular weight is 295 g/mol. The van der Waals surface area contributed by atoms with Gasteiger partial charge in [0.2, 0.25) is 5.91 Å². The van der Waals surface area contributed by atoms with Crippen LogP contribution in [0.2, 0.25) is 0 Å². The second-order valence-electron chi connectivity index (χ2n) is 6.26. The van der Waals surface area contributed by atoms with Crippen LogP contribution in [0.3, 0.4) is 0 Å². The Balaban J connectivity index is 1.92. The van der Waals surface area contributed by atoms with Gasteiger partial charge in [0, 0.05) is 6.54 Å². The van der Waals surface area contributed by atoms with Gasteiger partial charge in [-0.25, -0.2) is 0 Å². The third kappa shape index (κ3) is 4.73. The van der Waals surface area contributed by atoms with E-state index in [1.54, 1.807) is 0 Å². The van der Waals surface area contributed by atoms with Gasteiger partial charge in [-0.3, -0.25) is 4.79 Å². The fraction of sp³-hybridized carbons (Fsp3) is 0.350. The van der Waals surface area contributed by atoms with Crippen LogP contribution < -0.4 is 5.32 Å². The Morgan fingerprint density at radius 3 is 2.14 bits per heavy atom.